The molecule has 1 aromatic carbocycles. The standard InChI is InChI=1S/C23H29FN6O3/c1-14-6-5-7-17(24)18(14)29-13-15-12-26-20(25)27-19(15)30(21(29)31)16-8-10-28(11-9-16)22(32)33-23(2,3)4/h5-7,12,16H,8-11,13H2,1-4H3,(H2,25,26,27). The van der Waals surface area contributed by atoms with Crippen molar-refractivity contribution in [1.82, 2.24) is 14.9 Å². The number of likely N-dealkylation sites (tertiary alicyclic amines) is 1. The van der Waals surface area contributed by atoms with Crippen LogP contribution in [0.25, 0.3) is 0 Å². The number of hydrogen-bond acceptors (Lipinski definition) is 6. The second kappa shape index (κ2) is 8.49. The molecular weight excluding hydrogens is 427 g/mol. The molecule has 1 saturated heterocycles. The van der Waals surface area contributed by atoms with E-state index in [-0.39, 0.29) is 36.3 Å². The quantitative estimate of drug-likeness (QED) is 0.736. The molecule has 4 rings (SSSR count). The van der Waals surface area contributed by atoms with Gasteiger partial charge < -0.3 is 15.4 Å². The summed E-state index contributed by atoms with van der Waals surface area (Å²) in [6.45, 7) is 8.24. The maximum absolute atomic E-state index is 14.8. The average molecular weight is 457 g/mol. The normalized spacial score (nSPS) is 17.2. The highest BCUT2D eigenvalue weighted by atomic mass is 19.1. The zero-order valence-corrected chi connectivity index (χ0v) is 19.3. The first-order chi connectivity index (χ1) is 15.5. The summed E-state index contributed by atoms with van der Waals surface area (Å²) in [6, 6.07) is 4.12. The Morgan fingerprint density at radius 2 is 1.94 bits per heavy atom. The maximum Gasteiger partial charge on any atom is 0.410 e. The van der Waals surface area contributed by atoms with Crippen molar-refractivity contribution in [2.24, 2.45) is 0 Å². The van der Waals surface area contributed by atoms with Crippen LogP contribution in [0.2, 0.25) is 0 Å². The Labute approximate surface area is 192 Å². The lowest BCUT2D eigenvalue weighted by Crippen LogP contribution is -2.56. The number of nitrogens with two attached hydrogens (primary N) is 1. The predicted molar refractivity (Wildman–Crippen MR) is 122 cm³/mol. The number of nitrogen functional groups attached to an aromatic ring is 1. The highest BCUT2D eigenvalue weighted by Crippen LogP contribution is 2.36. The minimum Gasteiger partial charge on any atom is -0.444 e. The molecule has 0 radical (unpaired) electrons. The Morgan fingerprint density at radius 3 is 2.58 bits per heavy atom. The van der Waals surface area contributed by atoms with Gasteiger partial charge >= 0.3 is 12.1 Å². The van der Waals surface area contributed by atoms with Gasteiger partial charge in [0.25, 0.3) is 0 Å². The van der Waals surface area contributed by atoms with Gasteiger partial charge in [-0.05, 0) is 52.2 Å². The number of amides is 3. The molecule has 3 heterocycles. The minimum atomic E-state index is -0.581. The van der Waals surface area contributed by atoms with E-state index in [1.54, 1.807) is 35.1 Å². The van der Waals surface area contributed by atoms with Crippen molar-refractivity contribution in [3.8, 4) is 0 Å². The Kier molecular flexibility index (Phi) is 5.85. The molecule has 2 N–H and O–H groups in total. The highest BCUT2D eigenvalue weighted by Gasteiger charge is 2.40. The number of nitrogens with zero attached hydrogens (tertiary/aromatic N) is 5. The van der Waals surface area contributed by atoms with Crippen molar-refractivity contribution >= 4 is 29.6 Å². The molecule has 10 heteroatoms. The first-order valence-electron chi connectivity index (χ1n) is 11.0. The summed E-state index contributed by atoms with van der Waals surface area (Å²) in [5, 5.41) is 0. The lowest BCUT2D eigenvalue weighted by molar-refractivity contribution is 0.0206. The number of halogens is 1. The first-order valence-corrected chi connectivity index (χ1v) is 11.0. The van der Waals surface area contributed by atoms with E-state index in [0.29, 0.717) is 42.9 Å². The number of fused-ring (bicyclic) bond motifs is 1. The summed E-state index contributed by atoms with van der Waals surface area (Å²) in [6.07, 6.45) is 2.26. The predicted octanol–water partition coefficient (Wildman–Crippen LogP) is 3.85. The van der Waals surface area contributed by atoms with Crippen molar-refractivity contribution in [2.75, 3.05) is 28.6 Å². The van der Waals surface area contributed by atoms with Gasteiger partial charge in [-0.3, -0.25) is 9.80 Å². The Hall–Kier alpha value is -3.43. The molecule has 0 bridgehead atoms. The van der Waals surface area contributed by atoms with Gasteiger partial charge in [0, 0.05) is 30.9 Å². The molecule has 9 nitrogen and oxygen atoms in total. The molecule has 176 valence electrons. The van der Waals surface area contributed by atoms with E-state index in [2.05, 4.69) is 9.97 Å². The molecular formula is C23H29FN6O3. The maximum atomic E-state index is 14.8. The van der Waals surface area contributed by atoms with Crippen molar-refractivity contribution in [3.05, 3.63) is 41.3 Å². The van der Waals surface area contributed by atoms with Crippen LogP contribution in [0.5, 0.6) is 0 Å². The number of aryl methyl sites for hydroxylation is 1. The molecule has 2 aliphatic rings. The Bertz CT molecular complexity index is 1060. The van der Waals surface area contributed by atoms with Crippen molar-refractivity contribution < 1.29 is 18.7 Å². The molecule has 2 aromatic rings. The molecule has 0 unspecified atom stereocenters. The number of carbonyl (C=O) groups is 2. The van der Waals surface area contributed by atoms with Crippen LogP contribution in [0, 0.1) is 12.7 Å². The van der Waals surface area contributed by atoms with Gasteiger partial charge in [-0.1, -0.05) is 12.1 Å². The molecule has 0 atom stereocenters. The van der Waals surface area contributed by atoms with E-state index in [9.17, 15) is 14.0 Å². The third-order valence-electron chi connectivity index (χ3n) is 5.79. The highest BCUT2D eigenvalue weighted by molar-refractivity contribution is 6.06. The lowest BCUT2D eigenvalue weighted by Gasteiger charge is -2.43. The Balaban J connectivity index is 1.63. The summed E-state index contributed by atoms with van der Waals surface area (Å²) in [7, 11) is 0. The monoisotopic (exact) mass is 456 g/mol. The molecule has 0 aliphatic carbocycles. The second-order valence-corrected chi connectivity index (χ2v) is 9.42. The van der Waals surface area contributed by atoms with Crippen molar-refractivity contribution in [1.29, 1.82) is 0 Å². The smallest absolute Gasteiger partial charge is 0.410 e. The van der Waals surface area contributed by atoms with Crippen LogP contribution in [-0.4, -0.2) is 51.7 Å². The van der Waals surface area contributed by atoms with Gasteiger partial charge in [-0.2, -0.15) is 4.98 Å². The molecule has 0 saturated carbocycles. The van der Waals surface area contributed by atoms with Gasteiger partial charge in [-0.15, -0.1) is 0 Å². The fraction of sp³-hybridized carbons (Fsp3) is 0.478. The van der Waals surface area contributed by atoms with Gasteiger partial charge in [-0.25, -0.2) is 19.0 Å². The summed E-state index contributed by atoms with van der Waals surface area (Å²) in [4.78, 5) is 39.2. The second-order valence-electron chi connectivity index (χ2n) is 9.42. The van der Waals surface area contributed by atoms with E-state index >= 15 is 0 Å². The fourth-order valence-corrected chi connectivity index (χ4v) is 4.29. The molecule has 33 heavy (non-hydrogen) atoms. The van der Waals surface area contributed by atoms with E-state index < -0.39 is 11.4 Å². The lowest BCUT2D eigenvalue weighted by atomic mass is 10.0. The summed E-state index contributed by atoms with van der Waals surface area (Å²) < 4.78 is 20.2. The Morgan fingerprint density at radius 1 is 1.24 bits per heavy atom. The number of hydrogen-bond donors (Lipinski definition) is 1. The number of rotatable bonds is 2. The van der Waals surface area contributed by atoms with E-state index in [1.165, 1.54) is 11.0 Å². The van der Waals surface area contributed by atoms with Crippen LogP contribution in [0.1, 0.15) is 44.7 Å². The molecule has 2 aliphatic heterocycles. The molecule has 0 spiro atoms. The number of anilines is 3. The third-order valence-corrected chi connectivity index (χ3v) is 5.79. The number of ether oxygens (including phenoxy) is 1. The third kappa shape index (κ3) is 4.55. The summed E-state index contributed by atoms with van der Waals surface area (Å²) in [5.41, 5.74) is 6.82. The molecule has 1 aromatic heterocycles. The van der Waals surface area contributed by atoms with Crippen molar-refractivity contribution in [2.45, 2.75) is 58.7 Å². The molecule has 1 fully saturated rings. The average Bonchev–Trinajstić information content (AvgIpc) is 2.73. The zero-order chi connectivity index (χ0) is 23.9. The summed E-state index contributed by atoms with van der Waals surface area (Å²) >= 11 is 0. The first kappa shape index (κ1) is 22.8. The SMILES string of the molecule is Cc1cccc(F)c1N1Cc2cnc(N)nc2N(C2CCN(C(=O)OC(C)(C)C)CC2)C1=O. The molecule has 3 amide bonds. The topological polar surface area (TPSA) is 105 Å². The van der Waals surface area contributed by atoms with Crippen LogP contribution >= 0.6 is 0 Å². The van der Waals surface area contributed by atoms with E-state index in [4.69, 9.17) is 10.5 Å². The summed E-state index contributed by atoms with van der Waals surface area (Å²) in [5.74, 6) is 0.0320. The van der Waals surface area contributed by atoms with E-state index in [0.717, 1.165) is 0 Å². The van der Waals surface area contributed by atoms with Crippen LogP contribution < -0.4 is 15.5 Å². The van der Waals surface area contributed by atoms with Crippen molar-refractivity contribution in [3.63, 3.8) is 0 Å². The number of piperidine rings is 1. The van der Waals surface area contributed by atoms with Gasteiger partial charge in [0.05, 0.1) is 12.2 Å². The number of carbonyl (C=O) groups excluding carboxylic acids is 2. The van der Waals surface area contributed by atoms with E-state index in [1.807, 2.05) is 20.8 Å². The number of para-hydroxylation sites is 1. The van der Waals surface area contributed by atoms with Gasteiger partial charge in [0.15, 0.2) is 0 Å². The number of aromatic nitrogens is 2. The minimum absolute atomic E-state index is 0.0632. The van der Waals surface area contributed by atoms with Crippen LogP contribution in [0.3, 0.4) is 0 Å². The number of benzene rings is 1. The van der Waals surface area contributed by atoms with Crippen LogP contribution in [0.15, 0.2) is 24.4 Å². The number of urea groups is 1. The largest absolute Gasteiger partial charge is 0.444 e. The van der Waals surface area contributed by atoms with Crippen LogP contribution in [0.4, 0.5) is 31.4 Å². The zero-order valence-electron chi connectivity index (χ0n) is 19.3. The van der Waals surface area contributed by atoms with Gasteiger partial charge in [0.1, 0.15) is 17.2 Å². The van der Waals surface area contributed by atoms with Crippen LogP contribution in [-0.2, 0) is 11.3 Å². The van der Waals surface area contributed by atoms with Gasteiger partial charge in [0.2, 0.25) is 5.95 Å². The fourth-order valence-electron chi connectivity index (χ4n) is 4.29.